The zero-order valence-corrected chi connectivity index (χ0v) is 12.4. The van der Waals surface area contributed by atoms with Gasteiger partial charge in [-0.15, -0.1) is 0 Å². The summed E-state index contributed by atoms with van der Waals surface area (Å²) < 4.78 is 26.8. The lowest BCUT2D eigenvalue weighted by Crippen LogP contribution is -2.02. The summed E-state index contributed by atoms with van der Waals surface area (Å²) in [5.74, 6) is 0. The number of pyridine rings is 1. The Balaban J connectivity index is 2.78. The molecule has 1 aromatic heterocycles. The van der Waals surface area contributed by atoms with Gasteiger partial charge in [-0.1, -0.05) is 22.9 Å². The number of hydrogen-bond donors (Lipinski definition) is 1. The van der Waals surface area contributed by atoms with Crippen LogP contribution in [0.1, 0.15) is 31.5 Å². The van der Waals surface area contributed by atoms with Gasteiger partial charge in [0, 0.05) is 22.1 Å². The quantitative estimate of drug-likeness (QED) is 0.860. The molecular weight excluding hydrogens is 314 g/mol. The molecule has 0 bridgehead atoms. The second-order valence-electron chi connectivity index (χ2n) is 4.24. The molecule has 0 saturated heterocycles. The molecule has 5 heteroatoms. The minimum absolute atomic E-state index is 0.180. The van der Waals surface area contributed by atoms with Crippen molar-refractivity contribution in [2.45, 2.75) is 26.7 Å². The molecule has 0 aliphatic carbocycles. The number of rotatable bonds is 4. The standard InChI is InChI=1S/C14H15BrF2N2/c1-3-8-5-9(15)6-10-11(18-4-2)7-12(14(16)17)19-13(8)10/h5-7,14H,3-4H2,1-2H3,(H,18,19). The topological polar surface area (TPSA) is 24.9 Å². The van der Waals surface area contributed by atoms with Gasteiger partial charge in [-0.25, -0.2) is 13.8 Å². The number of fused-ring (bicyclic) bond motifs is 1. The molecule has 0 aliphatic heterocycles. The summed E-state index contributed by atoms with van der Waals surface area (Å²) in [6.07, 6.45) is -1.81. The van der Waals surface area contributed by atoms with Crippen molar-refractivity contribution in [3.05, 3.63) is 33.9 Å². The fourth-order valence-corrected chi connectivity index (χ4v) is 2.60. The van der Waals surface area contributed by atoms with E-state index < -0.39 is 6.43 Å². The molecule has 0 unspecified atom stereocenters. The first-order valence-corrected chi connectivity index (χ1v) is 7.01. The number of alkyl halides is 2. The minimum Gasteiger partial charge on any atom is -0.385 e. The third-order valence-electron chi connectivity index (χ3n) is 2.95. The van der Waals surface area contributed by atoms with E-state index in [2.05, 4.69) is 26.2 Å². The van der Waals surface area contributed by atoms with Gasteiger partial charge >= 0.3 is 0 Å². The van der Waals surface area contributed by atoms with Crippen LogP contribution in [-0.4, -0.2) is 11.5 Å². The molecule has 1 N–H and O–H groups in total. The Kier molecular flexibility index (Phi) is 4.34. The maximum absolute atomic E-state index is 12.9. The minimum atomic E-state index is -2.56. The molecule has 1 heterocycles. The van der Waals surface area contributed by atoms with Gasteiger partial charge in [0.1, 0.15) is 5.69 Å². The van der Waals surface area contributed by atoms with Crippen LogP contribution in [0.15, 0.2) is 22.7 Å². The van der Waals surface area contributed by atoms with E-state index in [9.17, 15) is 8.78 Å². The van der Waals surface area contributed by atoms with Crippen molar-refractivity contribution in [2.75, 3.05) is 11.9 Å². The largest absolute Gasteiger partial charge is 0.385 e. The number of aryl methyl sites for hydroxylation is 1. The number of hydrogen-bond acceptors (Lipinski definition) is 2. The first-order chi connectivity index (χ1) is 9.06. The lowest BCUT2D eigenvalue weighted by molar-refractivity contribution is 0.146. The maximum Gasteiger partial charge on any atom is 0.280 e. The number of halogens is 3. The van der Waals surface area contributed by atoms with Crippen LogP contribution in [0.2, 0.25) is 0 Å². The van der Waals surface area contributed by atoms with Crippen LogP contribution in [0, 0.1) is 0 Å². The number of aromatic nitrogens is 1. The van der Waals surface area contributed by atoms with Crippen LogP contribution in [0.5, 0.6) is 0 Å². The van der Waals surface area contributed by atoms with Crippen molar-refractivity contribution in [3.63, 3.8) is 0 Å². The van der Waals surface area contributed by atoms with E-state index in [1.165, 1.54) is 6.07 Å². The van der Waals surface area contributed by atoms with E-state index in [0.29, 0.717) is 17.7 Å². The summed E-state index contributed by atoms with van der Waals surface area (Å²) in [6, 6.07) is 5.28. The van der Waals surface area contributed by atoms with Crippen LogP contribution in [-0.2, 0) is 6.42 Å². The van der Waals surface area contributed by atoms with Gasteiger partial charge in [0.05, 0.1) is 5.52 Å². The van der Waals surface area contributed by atoms with E-state index in [4.69, 9.17) is 0 Å². The molecular formula is C14H15BrF2N2. The molecule has 0 saturated carbocycles. The van der Waals surface area contributed by atoms with E-state index in [-0.39, 0.29) is 5.69 Å². The zero-order chi connectivity index (χ0) is 14.0. The van der Waals surface area contributed by atoms with Gasteiger partial charge in [-0.3, -0.25) is 0 Å². The SMILES string of the molecule is CCNc1cc(C(F)F)nc2c(CC)cc(Br)cc12. The predicted molar refractivity (Wildman–Crippen MR) is 77.9 cm³/mol. The van der Waals surface area contributed by atoms with Crippen LogP contribution >= 0.6 is 15.9 Å². The summed E-state index contributed by atoms with van der Waals surface area (Å²) in [5, 5.41) is 4.00. The lowest BCUT2D eigenvalue weighted by Gasteiger charge is -2.13. The molecule has 2 rings (SSSR count). The Morgan fingerprint density at radius 3 is 2.58 bits per heavy atom. The smallest absolute Gasteiger partial charge is 0.280 e. The normalized spacial score (nSPS) is 11.3. The number of benzene rings is 1. The maximum atomic E-state index is 12.9. The van der Waals surface area contributed by atoms with Gasteiger partial charge in [-0.2, -0.15) is 0 Å². The highest BCUT2D eigenvalue weighted by Crippen LogP contribution is 2.32. The van der Waals surface area contributed by atoms with Gasteiger partial charge < -0.3 is 5.32 Å². The Morgan fingerprint density at radius 1 is 1.26 bits per heavy atom. The number of nitrogens with zero attached hydrogens (tertiary/aromatic N) is 1. The summed E-state index contributed by atoms with van der Waals surface area (Å²) in [4.78, 5) is 4.12. The van der Waals surface area contributed by atoms with Crippen molar-refractivity contribution in [1.29, 1.82) is 0 Å². The second-order valence-corrected chi connectivity index (χ2v) is 5.16. The summed E-state index contributed by atoms with van der Waals surface area (Å²) in [7, 11) is 0. The van der Waals surface area contributed by atoms with E-state index >= 15 is 0 Å². The first-order valence-electron chi connectivity index (χ1n) is 6.21. The van der Waals surface area contributed by atoms with E-state index in [0.717, 1.165) is 21.8 Å². The average Bonchev–Trinajstić information content (AvgIpc) is 2.38. The van der Waals surface area contributed by atoms with Crippen LogP contribution in [0.4, 0.5) is 14.5 Å². The number of anilines is 1. The fourth-order valence-electron chi connectivity index (χ4n) is 2.10. The average molecular weight is 329 g/mol. The number of nitrogens with one attached hydrogen (secondary N) is 1. The van der Waals surface area contributed by atoms with Crippen LogP contribution in [0.25, 0.3) is 10.9 Å². The molecule has 1 aromatic carbocycles. The Bertz CT molecular complexity index is 600. The molecule has 0 amide bonds. The van der Waals surface area contributed by atoms with Crippen LogP contribution in [0.3, 0.4) is 0 Å². The third kappa shape index (κ3) is 2.86. The molecule has 0 aliphatic rings. The van der Waals surface area contributed by atoms with Gasteiger partial charge in [0.25, 0.3) is 6.43 Å². The first kappa shape index (κ1) is 14.2. The molecule has 102 valence electrons. The van der Waals surface area contributed by atoms with Gasteiger partial charge in [0.2, 0.25) is 0 Å². The van der Waals surface area contributed by atoms with Crippen molar-refractivity contribution in [3.8, 4) is 0 Å². The third-order valence-corrected chi connectivity index (χ3v) is 3.41. The van der Waals surface area contributed by atoms with Crippen molar-refractivity contribution in [2.24, 2.45) is 0 Å². The van der Waals surface area contributed by atoms with E-state index in [1.54, 1.807) is 0 Å². The fraction of sp³-hybridized carbons (Fsp3) is 0.357. The summed E-state index contributed by atoms with van der Waals surface area (Å²) >= 11 is 3.45. The Morgan fingerprint density at radius 2 is 2.00 bits per heavy atom. The lowest BCUT2D eigenvalue weighted by atomic mass is 10.1. The van der Waals surface area contributed by atoms with Crippen molar-refractivity contribution >= 4 is 32.5 Å². The Labute approximate surface area is 119 Å². The van der Waals surface area contributed by atoms with Gasteiger partial charge in [0.15, 0.2) is 0 Å². The van der Waals surface area contributed by atoms with E-state index in [1.807, 2.05) is 26.0 Å². The highest BCUT2D eigenvalue weighted by molar-refractivity contribution is 9.10. The molecule has 0 fully saturated rings. The molecule has 0 spiro atoms. The predicted octanol–water partition coefficient (Wildman–Crippen LogP) is 4.93. The van der Waals surface area contributed by atoms with Crippen molar-refractivity contribution < 1.29 is 8.78 Å². The summed E-state index contributed by atoms with van der Waals surface area (Å²) in [5.41, 5.74) is 2.14. The van der Waals surface area contributed by atoms with Crippen LogP contribution < -0.4 is 5.32 Å². The highest BCUT2D eigenvalue weighted by Gasteiger charge is 2.15. The molecule has 2 aromatic rings. The Hall–Kier alpha value is -1.23. The molecule has 2 nitrogen and oxygen atoms in total. The zero-order valence-electron chi connectivity index (χ0n) is 10.8. The van der Waals surface area contributed by atoms with Gasteiger partial charge in [-0.05, 0) is 37.1 Å². The van der Waals surface area contributed by atoms with Crippen molar-refractivity contribution in [1.82, 2.24) is 4.98 Å². The molecule has 19 heavy (non-hydrogen) atoms. The summed E-state index contributed by atoms with van der Waals surface area (Å²) in [6.45, 7) is 4.60. The highest BCUT2D eigenvalue weighted by atomic mass is 79.9. The molecule has 0 atom stereocenters. The monoisotopic (exact) mass is 328 g/mol. The second kappa shape index (κ2) is 5.82. The molecule has 0 radical (unpaired) electrons.